The molecule has 2 rings (SSSR count). The molecule has 2 unspecified atom stereocenters. The fourth-order valence-corrected chi connectivity index (χ4v) is 2.50. The molecule has 6 nitrogen and oxygen atoms in total. The molecule has 0 aromatic carbocycles. The molecule has 3 N–H and O–H groups in total. The molecule has 0 spiro atoms. The number of aryl methyl sites for hydroxylation is 1. The monoisotopic (exact) mass is 251 g/mol. The van der Waals surface area contributed by atoms with Crippen molar-refractivity contribution >= 4 is 5.91 Å². The summed E-state index contributed by atoms with van der Waals surface area (Å²) in [5.41, 5.74) is 5.35. The van der Waals surface area contributed by atoms with Crippen molar-refractivity contribution in [1.29, 1.82) is 0 Å². The standard InChI is InChI=1S/C12H21N5O/c1-2-5-17-11(15-8-16-17)7-9-3-4-14-10(6-9)12(13)18/h8-10,14H,2-7H2,1H3,(H2,13,18). The van der Waals surface area contributed by atoms with Crippen LogP contribution >= 0.6 is 0 Å². The van der Waals surface area contributed by atoms with Crippen LogP contribution in [0.4, 0.5) is 0 Å². The van der Waals surface area contributed by atoms with Gasteiger partial charge in [0.1, 0.15) is 12.2 Å². The molecule has 1 aliphatic rings. The number of nitrogens with zero attached hydrogens (tertiary/aromatic N) is 3. The second kappa shape index (κ2) is 5.95. The van der Waals surface area contributed by atoms with E-state index in [1.165, 1.54) is 0 Å². The van der Waals surface area contributed by atoms with Gasteiger partial charge in [0.2, 0.25) is 5.91 Å². The molecule has 2 heterocycles. The van der Waals surface area contributed by atoms with Crippen LogP contribution in [0.5, 0.6) is 0 Å². The zero-order chi connectivity index (χ0) is 13.0. The van der Waals surface area contributed by atoms with Gasteiger partial charge in [-0.1, -0.05) is 6.92 Å². The third-order valence-electron chi connectivity index (χ3n) is 3.46. The minimum Gasteiger partial charge on any atom is -0.368 e. The largest absolute Gasteiger partial charge is 0.368 e. The highest BCUT2D eigenvalue weighted by Gasteiger charge is 2.26. The van der Waals surface area contributed by atoms with Crippen molar-refractivity contribution in [2.45, 2.75) is 45.2 Å². The van der Waals surface area contributed by atoms with Crippen molar-refractivity contribution in [3.8, 4) is 0 Å². The molecule has 0 aliphatic carbocycles. The predicted molar refractivity (Wildman–Crippen MR) is 67.7 cm³/mol. The summed E-state index contributed by atoms with van der Waals surface area (Å²) in [6.07, 6.45) is 5.40. The predicted octanol–water partition coefficient (Wildman–Crippen LogP) is 0.0841. The number of carbonyl (C=O) groups excluding carboxylic acids is 1. The lowest BCUT2D eigenvalue weighted by molar-refractivity contribution is -0.120. The van der Waals surface area contributed by atoms with E-state index in [0.29, 0.717) is 5.92 Å². The Morgan fingerprint density at radius 3 is 3.22 bits per heavy atom. The van der Waals surface area contributed by atoms with E-state index in [9.17, 15) is 4.79 Å². The number of hydrogen-bond donors (Lipinski definition) is 2. The molecule has 1 fully saturated rings. The maximum Gasteiger partial charge on any atom is 0.234 e. The van der Waals surface area contributed by atoms with Gasteiger partial charge in [0.05, 0.1) is 6.04 Å². The van der Waals surface area contributed by atoms with E-state index in [0.717, 1.165) is 44.6 Å². The minimum atomic E-state index is -0.255. The first kappa shape index (κ1) is 13.0. The van der Waals surface area contributed by atoms with Gasteiger partial charge in [-0.3, -0.25) is 9.48 Å². The molecule has 1 aliphatic heterocycles. The smallest absolute Gasteiger partial charge is 0.234 e. The molecular weight excluding hydrogens is 230 g/mol. The van der Waals surface area contributed by atoms with Gasteiger partial charge in [-0.25, -0.2) is 4.98 Å². The third-order valence-corrected chi connectivity index (χ3v) is 3.46. The molecule has 1 aromatic rings. The maximum atomic E-state index is 11.2. The summed E-state index contributed by atoms with van der Waals surface area (Å²) in [6.45, 7) is 3.87. The quantitative estimate of drug-likeness (QED) is 0.776. The minimum absolute atomic E-state index is 0.189. The van der Waals surface area contributed by atoms with E-state index in [4.69, 9.17) is 5.73 Å². The van der Waals surface area contributed by atoms with E-state index in [1.807, 2.05) is 4.68 Å². The lowest BCUT2D eigenvalue weighted by atomic mass is 9.89. The zero-order valence-corrected chi connectivity index (χ0v) is 10.8. The van der Waals surface area contributed by atoms with Gasteiger partial charge in [-0.05, 0) is 31.7 Å². The van der Waals surface area contributed by atoms with E-state index in [2.05, 4.69) is 22.3 Å². The van der Waals surface area contributed by atoms with Crippen LogP contribution in [0.15, 0.2) is 6.33 Å². The highest BCUT2D eigenvalue weighted by molar-refractivity contribution is 5.79. The second-order valence-electron chi connectivity index (χ2n) is 4.90. The van der Waals surface area contributed by atoms with E-state index >= 15 is 0 Å². The Morgan fingerprint density at radius 2 is 2.50 bits per heavy atom. The number of piperidine rings is 1. The molecule has 2 atom stereocenters. The van der Waals surface area contributed by atoms with Gasteiger partial charge in [-0.15, -0.1) is 0 Å². The van der Waals surface area contributed by atoms with Crippen molar-refractivity contribution in [2.24, 2.45) is 11.7 Å². The lowest BCUT2D eigenvalue weighted by Crippen LogP contribution is -2.47. The Bertz CT molecular complexity index is 403. The van der Waals surface area contributed by atoms with Crippen molar-refractivity contribution < 1.29 is 4.79 Å². The first-order valence-corrected chi connectivity index (χ1v) is 6.60. The molecule has 100 valence electrons. The summed E-state index contributed by atoms with van der Waals surface area (Å²) < 4.78 is 1.96. The van der Waals surface area contributed by atoms with Crippen LogP contribution in [-0.2, 0) is 17.8 Å². The molecular formula is C12H21N5O. The Morgan fingerprint density at radius 1 is 1.67 bits per heavy atom. The number of hydrogen-bond acceptors (Lipinski definition) is 4. The fourth-order valence-electron chi connectivity index (χ4n) is 2.50. The van der Waals surface area contributed by atoms with Crippen molar-refractivity contribution in [3.63, 3.8) is 0 Å². The van der Waals surface area contributed by atoms with Crippen LogP contribution in [-0.4, -0.2) is 33.3 Å². The van der Waals surface area contributed by atoms with Crippen LogP contribution in [0, 0.1) is 5.92 Å². The van der Waals surface area contributed by atoms with Crippen molar-refractivity contribution in [1.82, 2.24) is 20.1 Å². The number of carbonyl (C=O) groups is 1. The van der Waals surface area contributed by atoms with Gasteiger partial charge in [0.15, 0.2) is 0 Å². The number of amides is 1. The number of nitrogens with two attached hydrogens (primary N) is 1. The summed E-state index contributed by atoms with van der Waals surface area (Å²) in [5.74, 6) is 1.23. The van der Waals surface area contributed by atoms with Crippen molar-refractivity contribution in [2.75, 3.05) is 6.54 Å². The van der Waals surface area contributed by atoms with E-state index < -0.39 is 0 Å². The van der Waals surface area contributed by atoms with E-state index in [-0.39, 0.29) is 11.9 Å². The third kappa shape index (κ3) is 3.07. The second-order valence-corrected chi connectivity index (χ2v) is 4.90. The van der Waals surface area contributed by atoms with Gasteiger partial charge < -0.3 is 11.1 Å². The Hall–Kier alpha value is -1.43. The molecule has 0 bridgehead atoms. The molecule has 6 heteroatoms. The number of aromatic nitrogens is 3. The highest BCUT2D eigenvalue weighted by atomic mass is 16.1. The summed E-state index contributed by atoms with van der Waals surface area (Å²) in [7, 11) is 0. The first-order chi connectivity index (χ1) is 8.70. The topological polar surface area (TPSA) is 85.8 Å². The number of rotatable bonds is 5. The van der Waals surface area contributed by atoms with Crippen LogP contribution in [0.3, 0.4) is 0 Å². The van der Waals surface area contributed by atoms with Crippen LogP contribution in [0.2, 0.25) is 0 Å². The van der Waals surface area contributed by atoms with Gasteiger partial charge in [0.25, 0.3) is 0 Å². The van der Waals surface area contributed by atoms with Crippen LogP contribution < -0.4 is 11.1 Å². The fraction of sp³-hybridized carbons (Fsp3) is 0.750. The molecule has 1 amide bonds. The van der Waals surface area contributed by atoms with Crippen molar-refractivity contribution in [3.05, 3.63) is 12.2 Å². The first-order valence-electron chi connectivity index (χ1n) is 6.60. The van der Waals surface area contributed by atoms with Gasteiger partial charge in [-0.2, -0.15) is 5.10 Å². The highest BCUT2D eigenvalue weighted by Crippen LogP contribution is 2.20. The summed E-state index contributed by atoms with van der Waals surface area (Å²) in [4.78, 5) is 15.5. The molecule has 0 saturated carbocycles. The Balaban J connectivity index is 1.96. The number of nitrogens with one attached hydrogen (secondary N) is 1. The zero-order valence-electron chi connectivity index (χ0n) is 10.8. The molecule has 18 heavy (non-hydrogen) atoms. The number of primary amides is 1. The Labute approximate surface area is 107 Å². The SMILES string of the molecule is CCCn1ncnc1CC1CCNC(C(N)=O)C1. The van der Waals surface area contributed by atoms with Gasteiger partial charge in [0, 0.05) is 13.0 Å². The summed E-state index contributed by atoms with van der Waals surface area (Å²) in [5, 5.41) is 7.37. The average Bonchev–Trinajstić information content (AvgIpc) is 2.77. The molecule has 0 radical (unpaired) electrons. The maximum absolute atomic E-state index is 11.2. The van der Waals surface area contributed by atoms with E-state index in [1.54, 1.807) is 6.33 Å². The summed E-state index contributed by atoms with van der Waals surface area (Å²) >= 11 is 0. The lowest BCUT2D eigenvalue weighted by Gasteiger charge is -2.28. The van der Waals surface area contributed by atoms with Gasteiger partial charge >= 0.3 is 0 Å². The normalized spacial score (nSPS) is 24.1. The average molecular weight is 251 g/mol. The Kier molecular flexibility index (Phi) is 4.30. The van der Waals surface area contributed by atoms with Crippen LogP contribution in [0.25, 0.3) is 0 Å². The summed E-state index contributed by atoms with van der Waals surface area (Å²) in [6, 6.07) is -0.189. The molecule has 1 aromatic heterocycles. The van der Waals surface area contributed by atoms with Crippen LogP contribution in [0.1, 0.15) is 32.0 Å². The molecule has 1 saturated heterocycles.